The molecule has 0 aliphatic rings. The quantitative estimate of drug-likeness (QED) is 0.760. The summed E-state index contributed by atoms with van der Waals surface area (Å²) in [6, 6.07) is 4.33. The molecule has 0 saturated carbocycles. The number of benzene rings is 1. The van der Waals surface area contributed by atoms with E-state index in [-0.39, 0.29) is 17.4 Å². The van der Waals surface area contributed by atoms with Crippen LogP contribution in [0, 0.1) is 11.8 Å². The number of carboxylic acids is 1. The highest BCUT2D eigenvalue weighted by Crippen LogP contribution is 2.38. The molecule has 0 radical (unpaired) electrons. The Hall–Kier alpha value is -1.75. The first-order chi connectivity index (χ1) is 8.71. The van der Waals surface area contributed by atoms with Gasteiger partial charge in [0.1, 0.15) is 5.60 Å². The van der Waals surface area contributed by atoms with Gasteiger partial charge in [0.25, 0.3) is 0 Å². The van der Waals surface area contributed by atoms with E-state index in [2.05, 4.69) is 0 Å². The summed E-state index contributed by atoms with van der Waals surface area (Å²) < 4.78 is 4.97. The molecule has 0 heterocycles. The standard InChI is InChI=1S/C14H20O5/c1-8(2)12(13(16)17)14(3,18)9-5-6-10(15)11(7-9)19-4/h5-8,12,15,18H,1-4H3,(H,16,17). The van der Waals surface area contributed by atoms with Crippen molar-refractivity contribution in [3.05, 3.63) is 23.8 Å². The smallest absolute Gasteiger partial charge is 0.310 e. The molecule has 106 valence electrons. The third kappa shape index (κ3) is 2.98. The van der Waals surface area contributed by atoms with Crippen LogP contribution < -0.4 is 4.74 Å². The Morgan fingerprint density at radius 2 is 1.95 bits per heavy atom. The highest BCUT2D eigenvalue weighted by atomic mass is 16.5. The number of carbonyl (C=O) groups is 1. The van der Waals surface area contributed by atoms with Crippen LogP contribution in [0.3, 0.4) is 0 Å². The second-order valence-corrected chi connectivity index (χ2v) is 5.09. The Bertz CT molecular complexity index is 465. The minimum atomic E-state index is -1.55. The number of aromatic hydroxyl groups is 1. The van der Waals surface area contributed by atoms with Crippen molar-refractivity contribution in [3.63, 3.8) is 0 Å². The molecule has 0 bridgehead atoms. The number of phenolic OH excluding ortho intramolecular Hbond substituents is 1. The maximum atomic E-state index is 11.3. The molecule has 0 aliphatic heterocycles. The highest BCUT2D eigenvalue weighted by molar-refractivity contribution is 5.72. The van der Waals surface area contributed by atoms with Gasteiger partial charge >= 0.3 is 5.97 Å². The monoisotopic (exact) mass is 268 g/mol. The van der Waals surface area contributed by atoms with Crippen molar-refractivity contribution in [2.24, 2.45) is 11.8 Å². The molecule has 0 aromatic heterocycles. The molecule has 2 atom stereocenters. The van der Waals surface area contributed by atoms with E-state index in [0.717, 1.165) is 0 Å². The van der Waals surface area contributed by atoms with Gasteiger partial charge in [0.15, 0.2) is 11.5 Å². The molecule has 19 heavy (non-hydrogen) atoms. The summed E-state index contributed by atoms with van der Waals surface area (Å²) in [6.45, 7) is 4.94. The number of ether oxygens (including phenoxy) is 1. The fraction of sp³-hybridized carbons (Fsp3) is 0.500. The van der Waals surface area contributed by atoms with E-state index >= 15 is 0 Å². The first kappa shape index (κ1) is 15.3. The summed E-state index contributed by atoms with van der Waals surface area (Å²) in [5.74, 6) is -2.12. The lowest BCUT2D eigenvalue weighted by molar-refractivity contribution is -0.155. The second kappa shape index (κ2) is 5.48. The number of aliphatic carboxylic acids is 1. The Morgan fingerprint density at radius 1 is 1.37 bits per heavy atom. The Morgan fingerprint density at radius 3 is 2.37 bits per heavy atom. The molecular formula is C14H20O5. The second-order valence-electron chi connectivity index (χ2n) is 5.09. The average molecular weight is 268 g/mol. The Balaban J connectivity index is 3.28. The summed E-state index contributed by atoms with van der Waals surface area (Å²) in [5, 5.41) is 29.4. The molecule has 1 aromatic carbocycles. The molecule has 5 nitrogen and oxygen atoms in total. The van der Waals surface area contributed by atoms with E-state index in [1.807, 2.05) is 0 Å². The topological polar surface area (TPSA) is 87.0 Å². The highest BCUT2D eigenvalue weighted by Gasteiger charge is 2.41. The molecule has 0 amide bonds. The van der Waals surface area contributed by atoms with Crippen molar-refractivity contribution < 1.29 is 24.9 Å². The van der Waals surface area contributed by atoms with Crippen molar-refractivity contribution in [1.29, 1.82) is 0 Å². The Kier molecular flexibility index (Phi) is 4.42. The third-order valence-electron chi connectivity index (χ3n) is 3.30. The third-order valence-corrected chi connectivity index (χ3v) is 3.30. The summed E-state index contributed by atoms with van der Waals surface area (Å²) in [5.41, 5.74) is -1.16. The van der Waals surface area contributed by atoms with E-state index in [1.54, 1.807) is 13.8 Å². The molecule has 0 spiro atoms. The van der Waals surface area contributed by atoms with Crippen molar-refractivity contribution in [3.8, 4) is 11.5 Å². The average Bonchev–Trinajstić information content (AvgIpc) is 2.27. The number of rotatable bonds is 5. The largest absolute Gasteiger partial charge is 0.504 e. The van der Waals surface area contributed by atoms with Gasteiger partial charge in [-0.25, -0.2) is 0 Å². The van der Waals surface area contributed by atoms with Crippen LogP contribution >= 0.6 is 0 Å². The van der Waals surface area contributed by atoms with Gasteiger partial charge in [0.05, 0.1) is 13.0 Å². The summed E-state index contributed by atoms with van der Waals surface area (Å²) in [6.07, 6.45) is 0. The zero-order valence-corrected chi connectivity index (χ0v) is 11.5. The van der Waals surface area contributed by atoms with E-state index in [1.165, 1.54) is 32.2 Å². The normalized spacial score (nSPS) is 15.9. The van der Waals surface area contributed by atoms with E-state index in [9.17, 15) is 20.1 Å². The van der Waals surface area contributed by atoms with Crippen LogP contribution in [0.25, 0.3) is 0 Å². The van der Waals surface area contributed by atoms with Crippen molar-refractivity contribution in [2.45, 2.75) is 26.4 Å². The van der Waals surface area contributed by atoms with Gasteiger partial charge in [0, 0.05) is 0 Å². The van der Waals surface area contributed by atoms with E-state index in [4.69, 9.17) is 4.74 Å². The number of methoxy groups -OCH3 is 1. The SMILES string of the molecule is COc1cc(C(C)(O)C(C(=O)O)C(C)C)ccc1O. The van der Waals surface area contributed by atoms with Gasteiger partial charge in [-0.1, -0.05) is 19.9 Å². The lowest BCUT2D eigenvalue weighted by Gasteiger charge is -2.33. The summed E-state index contributed by atoms with van der Waals surface area (Å²) in [4.78, 5) is 11.3. The molecular weight excluding hydrogens is 248 g/mol. The number of hydrogen-bond acceptors (Lipinski definition) is 4. The van der Waals surface area contributed by atoms with E-state index in [0.29, 0.717) is 5.56 Å². The number of hydrogen-bond donors (Lipinski definition) is 3. The maximum Gasteiger partial charge on any atom is 0.310 e. The van der Waals surface area contributed by atoms with Crippen LogP contribution in [-0.2, 0) is 10.4 Å². The molecule has 0 aliphatic carbocycles. The van der Waals surface area contributed by atoms with Gasteiger partial charge in [-0.2, -0.15) is 0 Å². The molecule has 0 saturated heterocycles. The molecule has 1 rings (SSSR count). The number of aliphatic hydroxyl groups is 1. The first-order valence-electron chi connectivity index (χ1n) is 6.04. The summed E-state index contributed by atoms with van der Waals surface area (Å²) >= 11 is 0. The number of carboxylic acid groups (broad SMARTS) is 1. The van der Waals surface area contributed by atoms with E-state index < -0.39 is 17.5 Å². The van der Waals surface area contributed by atoms with Crippen molar-refractivity contribution >= 4 is 5.97 Å². The lowest BCUT2D eigenvalue weighted by atomic mass is 9.76. The molecule has 3 N–H and O–H groups in total. The van der Waals surface area contributed by atoms with Crippen LogP contribution in [0.1, 0.15) is 26.3 Å². The van der Waals surface area contributed by atoms with Gasteiger partial charge in [-0.15, -0.1) is 0 Å². The lowest BCUT2D eigenvalue weighted by Crippen LogP contribution is -2.40. The maximum absolute atomic E-state index is 11.3. The molecule has 0 fully saturated rings. The van der Waals surface area contributed by atoms with Crippen molar-refractivity contribution in [1.82, 2.24) is 0 Å². The van der Waals surface area contributed by atoms with Crippen LogP contribution in [0.2, 0.25) is 0 Å². The van der Waals surface area contributed by atoms with Gasteiger partial charge in [0.2, 0.25) is 0 Å². The van der Waals surface area contributed by atoms with Crippen LogP contribution in [0.15, 0.2) is 18.2 Å². The predicted molar refractivity (Wildman–Crippen MR) is 70.2 cm³/mol. The fourth-order valence-corrected chi connectivity index (χ4v) is 2.35. The van der Waals surface area contributed by atoms with Gasteiger partial charge in [-0.3, -0.25) is 4.79 Å². The Labute approximate surface area is 112 Å². The van der Waals surface area contributed by atoms with Crippen LogP contribution in [0.4, 0.5) is 0 Å². The van der Waals surface area contributed by atoms with Gasteiger partial charge < -0.3 is 20.1 Å². The summed E-state index contributed by atoms with van der Waals surface area (Å²) in [7, 11) is 1.39. The van der Waals surface area contributed by atoms with Gasteiger partial charge in [-0.05, 0) is 30.5 Å². The van der Waals surface area contributed by atoms with Crippen LogP contribution in [-0.4, -0.2) is 28.4 Å². The minimum Gasteiger partial charge on any atom is -0.504 e. The van der Waals surface area contributed by atoms with Crippen LogP contribution in [0.5, 0.6) is 11.5 Å². The predicted octanol–water partition coefficient (Wildman–Crippen LogP) is 1.97. The zero-order chi connectivity index (χ0) is 14.8. The minimum absolute atomic E-state index is 0.0570. The number of phenols is 1. The molecule has 1 aromatic rings. The van der Waals surface area contributed by atoms with Crippen molar-refractivity contribution in [2.75, 3.05) is 7.11 Å². The first-order valence-corrected chi connectivity index (χ1v) is 6.04. The zero-order valence-electron chi connectivity index (χ0n) is 11.5. The fourth-order valence-electron chi connectivity index (χ4n) is 2.35. The molecule has 5 heteroatoms. The molecule has 2 unspecified atom stereocenters.